The zero-order valence-corrected chi connectivity index (χ0v) is 12.1. The zero-order valence-electron chi connectivity index (χ0n) is 12.1. The lowest BCUT2D eigenvalue weighted by atomic mass is 10.0. The Morgan fingerprint density at radius 1 is 1.33 bits per heavy atom. The van der Waals surface area contributed by atoms with Crippen LogP contribution in [0.1, 0.15) is 31.9 Å². The van der Waals surface area contributed by atoms with Gasteiger partial charge in [0.15, 0.2) is 0 Å². The monoisotopic (exact) mass is 251 g/mol. The Kier molecular flexibility index (Phi) is 5.17. The topological polar surface area (TPSA) is 41.5 Å². The second kappa shape index (κ2) is 6.21. The molecule has 1 rings (SSSR count). The molecule has 1 aromatic carbocycles. The third kappa shape index (κ3) is 4.31. The van der Waals surface area contributed by atoms with E-state index in [1.165, 1.54) is 5.56 Å². The highest BCUT2D eigenvalue weighted by molar-refractivity contribution is 5.35. The van der Waals surface area contributed by atoms with E-state index in [1.54, 1.807) is 0 Å². The van der Waals surface area contributed by atoms with Crippen LogP contribution in [0.3, 0.4) is 0 Å². The first-order valence-corrected chi connectivity index (χ1v) is 6.45. The Labute approximate surface area is 110 Å². The first kappa shape index (κ1) is 15.0. The summed E-state index contributed by atoms with van der Waals surface area (Å²) in [6.45, 7) is 10.7. The summed E-state index contributed by atoms with van der Waals surface area (Å²) in [6.07, 6.45) is 0. The van der Waals surface area contributed by atoms with Crippen molar-refractivity contribution in [3.8, 4) is 5.75 Å². The standard InChI is InChI=1S/C15H25NO2/c1-11(2)16-15(5,9-17)10-18-14-7-6-12(3)8-13(14)4/h6-8,11,16-17H,9-10H2,1-5H3. The molecule has 3 nitrogen and oxygen atoms in total. The molecule has 0 saturated heterocycles. The normalized spacial score (nSPS) is 14.6. The molecule has 1 aromatic rings. The predicted molar refractivity (Wildman–Crippen MR) is 75.2 cm³/mol. The fraction of sp³-hybridized carbons (Fsp3) is 0.600. The summed E-state index contributed by atoms with van der Waals surface area (Å²) >= 11 is 0. The van der Waals surface area contributed by atoms with Crippen LogP contribution in [0.5, 0.6) is 5.75 Å². The molecule has 18 heavy (non-hydrogen) atoms. The maximum absolute atomic E-state index is 9.48. The number of aliphatic hydroxyl groups excluding tert-OH is 1. The van der Waals surface area contributed by atoms with Crippen LogP contribution in [0, 0.1) is 13.8 Å². The van der Waals surface area contributed by atoms with Crippen molar-refractivity contribution in [2.75, 3.05) is 13.2 Å². The lowest BCUT2D eigenvalue weighted by molar-refractivity contribution is 0.108. The molecule has 1 atom stereocenters. The molecule has 0 aliphatic rings. The number of rotatable bonds is 6. The van der Waals surface area contributed by atoms with E-state index in [4.69, 9.17) is 4.74 Å². The minimum absolute atomic E-state index is 0.0517. The molecule has 0 amide bonds. The maximum Gasteiger partial charge on any atom is 0.122 e. The first-order chi connectivity index (χ1) is 8.36. The minimum atomic E-state index is -0.411. The van der Waals surface area contributed by atoms with Crippen LogP contribution in [0.2, 0.25) is 0 Å². The molecular weight excluding hydrogens is 226 g/mol. The van der Waals surface area contributed by atoms with Crippen LogP contribution in [0.15, 0.2) is 18.2 Å². The molecule has 0 saturated carbocycles. The Hall–Kier alpha value is -1.06. The van der Waals surface area contributed by atoms with Crippen molar-refractivity contribution in [2.24, 2.45) is 0 Å². The van der Waals surface area contributed by atoms with Gasteiger partial charge in [0.2, 0.25) is 0 Å². The number of ether oxygens (including phenoxy) is 1. The molecule has 0 aromatic heterocycles. The molecule has 1 unspecified atom stereocenters. The molecule has 0 heterocycles. The second-order valence-corrected chi connectivity index (χ2v) is 5.58. The number of hydrogen-bond donors (Lipinski definition) is 2. The quantitative estimate of drug-likeness (QED) is 0.816. The van der Waals surface area contributed by atoms with E-state index in [0.717, 1.165) is 11.3 Å². The number of benzene rings is 1. The van der Waals surface area contributed by atoms with Gasteiger partial charge >= 0.3 is 0 Å². The van der Waals surface area contributed by atoms with Crippen molar-refractivity contribution in [2.45, 2.75) is 46.2 Å². The van der Waals surface area contributed by atoms with Gasteiger partial charge in [0, 0.05) is 6.04 Å². The van der Waals surface area contributed by atoms with Gasteiger partial charge in [-0.25, -0.2) is 0 Å². The van der Waals surface area contributed by atoms with Crippen molar-refractivity contribution in [1.82, 2.24) is 5.32 Å². The smallest absolute Gasteiger partial charge is 0.122 e. The Morgan fingerprint density at radius 3 is 2.50 bits per heavy atom. The molecule has 3 heteroatoms. The van der Waals surface area contributed by atoms with Gasteiger partial charge < -0.3 is 15.2 Å². The van der Waals surface area contributed by atoms with Gasteiger partial charge in [-0.3, -0.25) is 0 Å². The summed E-state index contributed by atoms with van der Waals surface area (Å²) in [6, 6.07) is 6.43. The summed E-state index contributed by atoms with van der Waals surface area (Å²) < 4.78 is 5.83. The van der Waals surface area contributed by atoms with E-state index in [2.05, 4.69) is 32.2 Å². The highest BCUT2D eigenvalue weighted by Gasteiger charge is 2.25. The molecule has 0 fully saturated rings. The molecular formula is C15H25NO2. The van der Waals surface area contributed by atoms with E-state index in [-0.39, 0.29) is 6.61 Å². The molecule has 0 aliphatic heterocycles. The van der Waals surface area contributed by atoms with E-state index in [0.29, 0.717) is 12.6 Å². The third-order valence-electron chi connectivity index (χ3n) is 2.86. The fourth-order valence-corrected chi connectivity index (χ4v) is 2.03. The first-order valence-electron chi connectivity index (χ1n) is 6.45. The summed E-state index contributed by atoms with van der Waals surface area (Å²) in [7, 11) is 0. The average molecular weight is 251 g/mol. The van der Waals surface area contributed by atoms with Gasteiger partial charge in [0.25, 0.3) is 0 Å². The average Bonchev–Trinajstić information content (AvgIpc) is 2.27. The van der Waals surface area contributed by atoms with Crippen molar-refractivity contribution in [3.05, 3.63) is 29.3 Å². The lowest BCUT2D eigenvalue weighted by Gasteiger charge is -2.31. The summed E-state index contributed by atoms with van der Waals surface area (Å²) in [5.74, 6) is 0.880. The molecule has 0 bridgehead atoms. The Balaban J connectivity index is 2.67. The van der Waals surface area contributed by atoms with E-state index in [1.807, 2.05) is 26.0 Å². The van der Waals surface area contributed by atoms with E-state index < -0.39 is 5.54 Å². The number of aryl methyl sites for hydroxylation is 2. The van der Waals surface area contributed by atoms with Gasteiger partial charge in [0.1, 0.15) is 12.4 Å². The van der Waals surface area contributed by atoms with Gasteiger partial charge in [-0.1, -0.05) is 31.5 Å². The van der Waals surface area contributed by atoms with Crippen LogP contribution in [0.25, 0.3) is 0 Å². The van der Waals surface area contributed by atoms with E-state index >= 15 is 0 Å². The Bertz CT molecular complexity index is 390. The molecule has 0 radical (unpaired) electrons. The molecule has 2 N–H and O–H groups in total. The van der Waals surface area contributed by atoms with Crippen molar-refractivity contribution < 1.29 is 9.84 Å². The SMILES string of the molecule is Cc1ccc(OCC(C)(CO)NC(C)C)c(C)c1. The minimum Gasteiger partial charge on any atom is -0.491 e. The fourth-order valence-electron chi connectivity index (χ4n) is 2.03. The van der Waals surface area contributed by atoms with Crippen molar-refractivity contribution in [3.63, 3.8) is 0 Å². The summed E-state index contributed by atoms with van der Waals surface area (Å²) in [4.78, 5) is 0. The van der Waals surface area contributed by atoms with Gasteiger partial charge in [0.05, 0.1) is 12.1 Å². The van der Waals surface area contributed by atoms with Crippen molar-refractivity contribution >= 4 is 0 Å². The predicted octanol–water partition coefficient (Wildman–Crippen LogP) is 2.43. The highest BCUT2D eigenvalue weighted by atomic mass is 16.5. The summed E-state index contributed by atoms with van der Waals surface area (Å²) in [5, 5.41) is 12.8. The highest BCUT2D eigenvalue weighted by Crippen LogP contribution is 2.20. The number of aliphatic hydroxyl groups is 1. The van der Waals surface area contributed by atoms with Gasteiger partial charge in [-0.15, -0.1) is 0 Å². The number of hydrogen-bond acceptors (Lipinski definition) is 3. The van der Waals surface area contributed by atoms with Crippen LogP contribution in [-0.2, 0) is 0 Å². The third-order valence-corrected chi connectivity index (χ3v) is 2.86. The molecule has 0 spiro atoms. The van der Waals surface area contributed by atoms with Crippen LogP contribution in [-0.4, -0.2) is 29.9 Å². The molecule has 0 aliphatic carbocycles. The lowest BCUT2D eigenvalue weighted by Crippen LogP contribution is -2.53. The van der Waals surface area contributed by atoms with Crippen LogP contribution >= 0.6 is 0 Å². The van der Waals surface area contributed by atoms with Crippen molar-refractivity contribution in [1.29, 1.82) is 0 Å². The Morgan fingerprint density at radius 2 is 2.00 bits per heavy atom. The largest absolute Gasteiger partial charge is 0.491 e. The zero-order chi connectivity index (χ0) is 13.8. The summed E-state index contributed by atoms with van der Waals surface area (Å²) in [5.41, 5.74) is 1.94. The van der Waals surface area contributed by atoms with E-state index in [9.17, 15) is 5.11 Å². The maximum atomic E-state index is 9.48. The second-order valence-electron chi connectivity index (χ2n) is 5.58. The van der Waals surface area contributed by atoms with Gasteiger partial charge in [-0.05, 0) is 32.4 Å². The number of nitrogens with one attached hydrogen (secondary N) is 1. The molecule has 102 valence electrons. The van der Waals surface area contributed by atoms with Crippen LogP contribution in [0.4, 0.5) is 0 Å². The van der Waals surface area contributed by atoms with Crippen LogP contribution < -0.4 is 10.1 Å². The van der Waals surface area contributed by atoms with Gasteiger partial charge in [-0.2, -0.15) is 0 Å².